The molecule has 0 aromatic heterocycles. The summed E-state index contributed by atoms with van der Waals surface area (Å²) in [6.07, 6.45) is 3.37. The van der Waals surface area contributed by atoms with Gasteiger partial charge in [-0.1, -0.05) is 12.1 Å². The monoisotopic (exact) mass is 362 g/mol. The second kappa shape index (κ2) is 7.74. The van der Waals surface area contributed by atoms with Gasteiger partial charge in [-0.2, -0.15) is 0 Å². The van der Waals surface area contributed by atoms with Crippen LogP contribution in [0.2, 0.25) is 0 Å². The molecule has 0 saturated carbocycles. The van der Waals surface area contributed by atoms with Crippen LogP contribution >= 0.6 is 0 Å². The fourth-order valence-electron chi connectivity index (χ4n) is 4.21. The van der Waals surface area contributed by atoms with E-state index in [1.807, 2.05) is 4.90 Å². The minimum atomic E-state index is -0.282. The third-order valence-corrected chi connectivity index (χ3v) is 5.72. The largest absolute Gasteiger partial charge is 0.395 e. The average molecular weight is 362 g/mol. The van der Waals surface area contributed by atoms with E-state index >= 15 is 0 Å². The predicted octanol–water partition coefficient (Wildman–Crippen LogP) is 1.90. The van der Waals surface area contributed by atoms with Gasteiger partial charge in [0.2, 0.25) is 11.8 Å². The maximum absolute atomic E-state index is 13.7. The van der Waals surface area contributed by atoms with Crippen molar-refractivity contribution in [3.63, 3.8) is 0 Å². The maximum Gasteiger partial charge on any atom is 0.227 e. The highest BCUT2D eigenvalue weighted by Gasteiger charge is 2.42. The summed E-state index contributed by atoms with van der Waals surface area (Å²) in [5.41, 5.74) is 1.20. The van der Waals surface area contributed by atoms with E-state index in [1.165, 1.54) is 6.07 Å². The van der Waals surface area contributed by atoms with E-state index in [1.54, 1.807) is 24.0 Å². The fraction of sp³-hybridized carbons (Fsp3) is 0.600. The van der Waals surface area contributed by atoms with E-state index in [2.05, 4.69) is 0 Å². The molecule has 0 aliphatic carbocycles. The van der Waals surface area contributed by atoms with Crippen LogP contribution in [0.25, 0.3) is 0 Å². The SMILES string of the molecule is Cc1ccc(CC(=O)N2CCC[C@]3(CCC(=O)N(CCO)C3)C2)cc1F. The first-order valence-corrected chi connectivity index (χ1v) is 9.34. The molecule has 2 saturated heterocycles. The first-order chi connectivity index (χ1) is 12.4. The Balaban J connectivity index is 1.66. The summed E-state index contributed by atoms with van der Waals surface area (Å²) in [4.78, 5) is 28.4. The van der Waals surface area contributed by atoms with Crippen LogP contribution in [0.15, 0.2) is 18.2 Å². The van der Waals surface area contributed by atoms with Crippen LogP contribution < -0.4 is 0 Å². The summed E-state index contributed by atoms with van der Waals surface area (Å²) in [5.74, 6) is -0.183. The summed E-state index contributed by atoms with van der Waals surface area (Å²) in [5, 5.41) is 9.18. The van der Waals surface area contributed by atoms with Crippen molar-refractivity contribution in [3.8, 4) is 0 Å². The molecule has 26 heavy (non-hydrogen) atoms. The average Bonchev–Trinajstić information content (AvgIpc) is 2.62. The molecule has 1 N–H and O–H groups in total. The number of carbonyl (C=O) groups is 2. The Hall–Kier alpha value is -1.95. The Labute approximate surface area is 153 Å². The van der Waals surface area contributed by atoms with Crippen molar-refractivity contribution >= 4 is 11.8 Å². The van der Waals surface area contributed by atoms with Crippen LogP contribution in [0.5, 0.6) is 0 Å². The standard InChI is InChI=1S/C20H27FN2O3/c1-15-3-4-16(11-17(15)21)12-19(26)22-8-2-6-20(13-22)7-5-18(25)23(14-20)9-10-24/h3-4,11,24H,2,5-10,12-14H2,1H3/t20-/m0/s1. The van der Waals surface area contributed by atoms with Crippen LogP contribution in [0.1, 0.15) is 36.8 Å². The number of halogens is 1. The number of nitrogens with zero attached hydrogens (tertiary/aromatic N) is 2. The van der Waals surface area contributed by atoms with Gasteiger partial charge in [0.1, 0.15) is 5.82 Å². The smallest absolute Gasteiger partial charge is 0.227 e. The lowest BCUT2D eigenvalue weighted by Gasteiger charge is -2.48. The molecule has 1 spiro atoms. The fourth-order valence-corrected chi connectivity index (χ4v) is 4.21. The number of rotatable bonds is 4. The molecule has 5 nitrogen and oxygen atoms in total. The third kappa shape index (κ3) is 4.06. The highest BCUT2D eigenvalue weighted by Crippen LogP contribution is 2.39. The highest BCUT2D eigenvalue weighted by atomic mass is 19.1. The Morgan fingerprint density at radius 3 is 2.85 bits per heavy atom. The van der Waals surface area contributed by atoms with Gasteiger partial charge >= 0.3 is 0 Å². The van der Waals surface area contributed by atoms with E-state index in [-0.39, 0.29) is 36.1 Å². The van der Waals surface area contributed by atoms with E-state index in [0.29, 0.717) is 43.7 Å². The lowest BCUT2D eigenvalue weighted by Crippen LogP contribution is -2.55. The number of amides is 2. The Bertz CT molecular complexity index is 694. The van der Waals surface area contributed by atoms with Crippen LogP contribution in [-0.2, 0) is 16.0 Å². The first kappa shape index (κ1) is 18.8. The number of piperidine rings is 2. The number of aliphatic hydroxyl groups is 1. The number of benzene rings is 1. The topological polar surface area (TPSA) is 60.9 Å². The molecule has 0 unspecified atom stereocenters. The van der Waals surface area contributed by atoms with E-state index < -0.39 is 0 Å². The molecule has 6 heteroatoms. The lowest BCUT2D eigenvalue weighted by atomic mass is 9.73. The van der Waals surface area contributed by atoms with Crippen LogP contribution in [-0.4, -0.2) is 59.5 Å². The number of aryl methyl sites for hydroxylation is 1. The zero-order valence-electron chi connectivity index (χ0n) is 15.3. The van der Waals surface area contributed by atoms with Crippen molar-refractivity contribution in [2.75, 3.05) is 32.8 Å². The molecule has 3 rings (SSSR count). The molecule has 1 atom stereocenters. The van der Waals surface area contributed by atoms with E-state index in [4.69, 9.17) is 0 Å². The summed E-state index contributed by atoms with van der Waals surface area (Å²) in [6.45, 7) is 3.98. The van der Waals surface area contributed by atoms with Crippen molar-refractivity contribution in [2.45, 2.75) is 39.0 Å². The van der Waals surface area contributed by atoms with Crippen molar-refractivity contribution in [2.24, 2.45) is 5.41 Å². The molecule has 1 aromatic rings. The Kier molecular flexibility index (Phi) is 5.61. The lowest BCUT2D eigenvalue weighted by molar-refractivity contribution is -0.143. The summed E-state index contributed by atoms with van der Waals surface area (Å²) < 4.78 is 13.7. The van der Waals surface area contributed by atoms with Crippen molar-refractivity contribution in [1.29, 1.82) is 0 Å². The molecular weight excluding hydrogens is 335 g/mol. The quantitative estimate of drug-likeness (QED) is 0.890. The van der Waals surface area contributed by atoms with Gasteiger partial charge in [0.15, 0.2) is 0 Å². The molecular formula is C20H27FN2O3. The van der Waals surface area contributed by atoms with Gasteiger partial charge in [0.25, 0.3) is 0 Å². The Morgan fingerprint density at radius 2 is 2.12 bits per heavy atom. The third-order valence-electron chi connectivity index (χ3n) is 5.72. The molecule has 2 aliphatic heterocycles. The van der Waals surface area contributed by atoms with Crippen LogP contribution in [0.4, 0.5) is 4.39 Å². The van der Waals surface area contributed by atoms with Crippen LogP contribution in [0.3, 0.4) is 0 Å². The summed E-state index contributed by atoms with van der Waals surface area (Å²) in [7, 11) is 0. The maximum atomic E-state index is 13.7. The molecule has 2 fully saturated rings. The number of hydrogen-bond donors (Lipinski definition) is 1. The molecule has 142 valence electrons. The summed E-state index contributed by atoms with van der Waals surface area (Å²) >= 11 is 0. The number of carbonyl (C=O) groups excluding carboxylic acids is 2. The van der Waals surface area contributed by atoms with E-state index in [0.717, 1.165) is 19.3 Å². The van der Waals surface area contributed by atoms with Gasteiger partial charge in [-0.15, -0.1) is 0 Å². The summed E-state index contributed by atoms with van der Waals surface area (Å²) in [6, 6.07) is 4.95. The number of likely N-dealkylation sites (tertiary alicyclic amines) is 2. The molecule has 0 radical (unpaired) electrons. The molecule has 2 aliphatic rings. The van der Waals surface area contributed by atoms with Gasteiger partial charge in [-0.25, -0.2) is 4.39 Å². The number of hydrogen-bond acceptors (Lipinski definition) is 3. The molecule has 2 amide bonds. The molecule has 0 bridgehead atoms. The minimum Gasteiger partial charge on any atom is -0.395 e. The van der Waals surface area contributed by atoms with Crippen molar-refractivity contribution < 1.29 is 19.1 Å². The van der Waals surface area contributed by atoms with Gasteiger partial charge in [0, 0.05) is 38.0 Å². The van der Waals surface area contributed by atoms with Gasteiger partial charge in [0.05, 0.1) is 13.0 Å². The zero-order chi connectivity index (χ0) is 18.7. The van der Waals surface area contributed by atoms with E-state index in [9.17, 15) is 19.1 Å². The highest BCUT2D eigenvalue weighted by molar-refractivity contribution is 5.79. The second-order valence-corrected chi connectivity index (χ2v) is 7.72. The predicted molar refractivity (Wildman–Crippen MR) is 96.0 cm³/mol. The normalized spacial score (nSPS) is 23.6. The number of aliphatic hydroxyl groups excluding tert-OH is 1. The van der Waals surface area contributed by atoms with Gasteiger partial charge in [-0.3, -0.25) is 9.59 Å². The Morgan fingerprint density at radius 1 is 1.31 bits per heavy atom. The number of β-amino-alcohol motifs (C(OH)–C–C–N with tert-alkyl or cyclic N) is 1. The van der Waals surface area contributed by atoms with Crippen molar-refractivity contribution in [3.05, 3.63) is 35.1 Å². The molecule has 2 heterocycles. The molecule has 1 aromatic carbocycles. The van der Waals surface area contributed by atoms with Crippen LogP contribution in [0, 0.1) is 18.2 Å². The first-order valence-electron chi connectivity index (χ1n) is 9.34. The zero-order valence-corrected chi connectivity index (χ0v) is 15.3. The second-order valence-electron chi connectivity index (χ2n) is 7.72. The minimum absolute atomic E-state index is 0.0120. The van der Waals surface area contributed by atoms with Gasteiger partial charge < -0.3 is 14.9 Å². The van der Waals surface area contributed by atoms with Gasteiger partial charge in [-0.05, 0) is 43.4 Å². The van der Waals surface area contributed by atoms with Crippen molar-refractivity contribution in [1.82, 2.24) is 9.80 Å².